The van der Waals surface area contributed by atoms with Crippen LogP contribution < -0.4 is 5.32 Å². The van der Waals surface area contributed by atoms with Crippen molar-refractivity contribution in [2.24, 2.45) is 0 Å². The van der Waals surface area contributed by atoms with E-state index in [-0.39, 0.29) is 18.0 Å². The highest BCUT2D eigenvalue weighted by molar-refractivity contribution is 8.03. The monoisotopic (exact) mass is 359 g/mol. The summed E-state index contributed by atoms with van der Waals surface area (Å²) in [7, 11) is 0. The van der Waals surface area contributed by atoms with Gasteiger partial charge in [0.05, 0.1) is 21.6 Å². The molecule has 0 aliphatic carbocycles. The molecule has 1 heterocycles. The zero-order valence-corrected chi connectivity index (χ0v) is 15.0. The van der Waals surface area contributed by atoms with Crippen LogP contribution in [0, 0.1) is 21.4 Å². The summed E-state index contributed by atoms with van der Waals surface area (Å²) >= 11 is 1.48. The third-order valence-corrected chi connectivity index (χ3v) is 5.19. The van der Waals surface area contributed by atoms with Crippen molar-refractivity contribution in [2.45, 2.75) is 44.9 Å². The maximum atomic E-state index is 12.1. The fourth-order valence-electron chi connectivity index (χ4n) is 2.78. The molecule has 6 nitrogen and oxygen atoms in total. The number of carbonyl (C=O) groups excluding carboxylic acids is 1. The number of nitriles is 1. The van der Waals surface area contributed by atoms with Gasteiger partial charge in [-0.25, -0.2) is 0 Å². The second kappa shape index (κ2) is 9.23. The second-order valence-corrected chi connectivity index (χ2v) is 7.03. The van der Waals surface area contributed by atoms with Gasteiger partial charge >= 0.3 is 0 Å². The number of hydrogen-bond acceptors (Lipinski definition) is 5. The van der Waals surface area contributed by atoms with E-state index in [0.29, 0.717) is 16.2 Å². The predicted molar refractivity (Wildman–Crippen MR) is 97.8 cm³/mol. The van der Waals surface area contributed by atoms with Gasteiger partial charge in [0.2, 0.25) is 5.91 Å². The number of amides is 1. The number of nitro benzene ring substituents is 1. The number of nitro groups is 1. The van der Waals surface area contributed by atoms with Gasteiger partial charge in [-0.15, -0.1) is 11.8 Å². The molecule has 25 heavy (non-hydrogen) atoms. The largest absolute Gasteiger partial charge is 0.320 e. The number of nitrogens with zero attached hydrogens (tertiary/aromatic N) is 2. The van der Waals surface area contributed by atoms with Gasteiger partial charge in [0, 0.05) is 24.5 Å². The minimum Gasteiger partial charge on any atom is -0.320 e. The normalized spacial score (nSPS) is 17.1. The van der Waals surface area contributed by atoms with Gasteiger partial charge in [-0.1, -0.05) is 38.3 Å². The van der Waals surface area contributed by atoms with Crippen LogP contribution in [0.5, 0.6) is 0 Å². The van der Waals surface area contributed by atoms with E-state index in [1.165, 1.54) is 30.3 Å². The van der Waals surface area contributed by atoms with Gasteiger partial charge in [0.25, 0.3) is 5.69 Å². The van der Waals surface area contributed by atoms with E-state index < -0.39 is 10.8 Å². The van der Waals surface area contributed by atoms with Gasteiger partial charge in [0.1, 0.15) is 0 Å². The molecule has 1 N–H and O–H groups in total. The van der Waals surface area contributed by atoms with E-state index in [0.717, 1.165) is 25.0 Å². The lowest BCUT2D eigenvalue weighted by Crippen LogP contribution is -2.31. The molecule has 7 heteroatoms. The Morgan fingerprint density at radius 3 is 2.88 bits per heavy atom. The van der Waals surface area contributed by atoms with E-state index in [4.69, 9.17) is 0 Å². The topological polar surface area (TPSA) is 96.0 Å². The third kappa shape index (κ3) is 5.07. The lowest BCUT2D eigenvalue weighted by molar-refractivity contribution is -0.384. The third-order valence-electron chi connectivity index (χ3n) is 4.08. The molecule has 0 saturated heterocycles. The molecule has 1 unspecified atom stereocenters. The number of hydrogen-bond donors (Lipinski definition) is 1. The zero-order valence-electron chi connectivity index (χ0n) is 14.2. The quantitative estimate of drug-likeness (QED) is 0.425. The first-order valence-electron chi connectivity index (χ1n) is 8.38. The molecule has 1 atom stereocenters. The molecule has 1 aromatic rings. The van der Waals surface area contributed by atoms with E-state index in [9.17, 15) is 20.2 Å². The number of rotatable bonds is 8. The Labute approximate surface area is 151 Å². The smallest absolute Gasteiger partial charge is 0.269 e. The maximum Gasteiger partial charge on any atom is 0.269 e. The first kappa shape index (κ1) is 19.0. The molecule has 2 rings (SSSR count). The molecule has 0 spiro atoms. The summed E-state index contributed by atoms with van der Waals surface area (Å²) in [6.45, 7) is 2.15. The summed E-state index contributed by atoms with van der Waals surface area (Å²) in [6.07, 6.45) is 4.61. The Balaban J connectivity index is 2.23. The standard InChI is InChI=1S/C18H21N3O3S/c1-2-3-4-5-9-25-18-16(12-19)15(11-17(22)20-18)13-7-6-8-14(10-13)21(23)24/h6-8,10,15H,2-5,9,11H2,1H3,(H,20,22). The van der Waals surface area contributed by atoms with Crippen molar-refractivity contribution in [1.29, 1.82) is 5.26 Å². The minimum absolute atomic E-state index is 0.0328. The van der Waals surface area contributed by atoms with Gasteiger partial charge in [-0.2, -0.15) is 5.26 Å². The molecule has 132 valence electrons. The molecule has 1 aliphatic heterocycles. The van der Waals surface area contributed by atoms with Crippen LogP contribution in [0.15, 0.2) is 34.9 Å². The molecular weight excluding hydrogens is 338 g/mol. The summed E-state index contributed by atoms with van der Waals surface area (Å²) in [5, 5.41) is 24.0. The summed E-state index contributed by atoms with van der Waals surface area (Å²) in [4.78, 5) is 22.6. The Kier molecular flexibility index (Phi) is 7.02. The highest BCUT2D eigenvalue weighted by Gasteiger charge is 2.30. The van der Waals surface area contributed by atoms with Crippen molar-refractivity contribution in [1.82, 2.24) is 5.32 Å². The molecule has 0 saturated carbocycles. The lowest BCUT2D eigenvalue weighted by atomic mass is 9.87. The highest BCUT2D eigenvalue weighted by Crippen LogP contribution is 2.37. The summed E-state index contributed by atoms with van der Waals surface area (Å²) < 4.78 is 0. The highest BCUT2D eigenvalue weighted by atomic mass is 32.2. The van der Waals surface area contributed by atoms with E-state index in [2.05, 4.69) is 18.3 Å². The van der Waals surface area contributed by atoms with E-state index in [1.54, 1.807) is 12.1 Å². The van der Waals surface area contributed by atoms with Crippen LogP contribution in [0.25, 0.3) is 0 Å². The number of thioether (sulfide) groups is 1. The van der Waals surface area contributed by atoms with Gasteiger partial charge < -0.3 is 5.32 Å². The van der Waals surface area contributed by atoms with Crippen LogP contribution in [-0.2, 0) is 4.79 Å². The van der Waals surface area contributed by atoms with Crippen molar-refractivity contribution in [2.75, 3.05) is 5.75 Å². The molecular formula is C18H21N3O3S. The van der Waals surface area contributed by atoms with Crippen molar-refractivity contribution in [3.05, 3.63) is 50.5 Å². The molecule has 0 fully saturated rings. The maximum absolute atomic E-state index is 12.1. The van der Waals surface area contributed by atoms with E-state index >= 15 is 0 Å². The average Bonchev–Trinajstić information content (AvgIpc) is 2.61. The number of non-ortho nitro benzene ring substituents is 1. The van der Waals surface area contributed by atoms with E-state index in [1.807, 2.05) is 0 Å². The fraction of sp³-hybridized carbons (Fsp3) is 0.444. The van der Waals surface area contributed by atoms with Crippen molar-refractivity contribution < 1.29 is 9.72 Å². The second-order valence-electron chi connectivity index (χ2n) is 5.92. The first-order valence-corrected chi connectivity index (χ1v) is 9.36. The summed E-state index contributed by atoms with van der Waals surface area (Å²) in [5.74, 6) is 0.242. The minimum atomic E-state index is -0.467. The average molecular weight is 359 g/mol. The van der Waals surface area contributed by atoms with Gasteiger partial charge in [-0.3, -0.25) is 14.9 Å². The molecule has 0 aromatic heterocycles. The van der Waals surface area contributed by atoms with Crippen LogP contribution in [-0.4, -0.2) is 16.6 Å². The summed E-state index contributed by atoms with van der Waals surface area (Å²) in [6, 6.07) is 8.38. The van der Waals surface area contributed by atoms with Crippen molar-refractivity contribution >= 4 is 23.4 Å². The fourth-order valence-corrected chi connectivity index (χ4v) is 3.86. The number of unbranched alkanes of at least 4 members (excludes halogenated alkanes) is 3. The Hall–Kier alpha value is -2.33. The van der Waals surface area contributed by atoms with Crippen molar-refractivity contribution in [3.8, 4) is 6.07 Å². The predicted octanol–water partition coefficient (Wildman–Crippen LogP) is 4.25. The van der Waals surface area contributed by atoms with Crippen LogP contribution in [0.1, 0.15) is 50.5 Å². The zero-order chi connectivity index (χ0) is 18.2. The SMILES string of the molecule is CCCCCCSC1=C(C#N)C(c2cccc([N+](=O)[O-])c2)CC(=O)N1. The Bertz CT molecular complexity index is 725. The molecule has 1 aromatic carbocycles. The van der Waals surface area contributed by atoms with Crippen LogP contribution in [0.2, 0.25) is 0 Å². The van der Waals surface area contributed by atoms with Gasteiger partial charge in [0.15, 0.2) is 0 Å². The first-order chi connectivity index (χ1) is 12.1. The number of nitrogens with one attached hydrogen (secondary N) is 1. The van der Waals surface area contributed by atoms with Crippen LogP contribution >= 0.6 is 11.8 Å². The van der Waals surface area contributed by atoms with Gasteiger partial charge in [-0.05, 0) is 17.7 Å². The lowest BCUT2D eigenvalue weighted by Gasteiger charge is -2.25. The Morgan fingerprint density at radius 1 is 1.40 bits per heavy atom. The molecule has 0 radical (unpaired) electrons. The molecule has 1 aliphatic rings. The van der Waals surface area contributed by atoms with Crippen LogP contribution in [0.4, 0.5) is 5.69 Å². The molecule has 1 amide bonds. The number of benzene rings is 1. The summed E-state index contributed by atoms with van der Waals surface area (Å²) in [5.41, 5.74) is 1.08. The van der Waals surface area contributed by atoms with Crippen molar-refractivity contribution in [3.63, 3.8) is 0 Å². The molecule has 0 bridgehead atoms. The number of carbonyl (C=O) groups is 1. The Morgan fingerprint density at radius 2 is 2.20 bits per heavy atom. The van der Waals surface area contributed by atoms with Crippen LogP contribution in [0.3, 0.4) is 0 Å². The number of allylic oxidation sites excluding steroid dienone is 1.